The van der Waals surface area contributed by atoms with Crippen LogP contribution in [0.3, 0.4) is 0 Å². The highest BCUT2D eigenvalue weighted by Crippen LogP contribution is 2.27. The van der Waals surface area contributed by atoms with Gasteiger partial charge in [-0.3, -0.25) is 0 Å². The van der Waals surface area contributed by atoms with Gasteiger partial charge in [0.25, 0.3) is 0 Å². The third-order valence-corrected chi connectivity index (χ3v) is 4.33. The average molecular weight is 302 g/mol. The molecule has 0 saturated carbocycles. The number of aliphatic hydroxyl groups excluding tert-OH is 3. The standard InChI is InChI=1S/C18H38O3/c1-4-5-10-17(14-15(2)13-16(3)20)18(21)11-8-6-7-9-12-19/h15-21H,4-14H2,1-3H3. The monoisotopic (exact) mass is 302 g/mol. The zero-order chi connectivity index (χ0) is 16.1. The fourth-order valence-electron chi connectivity index (χ4n) is 3.18. The predicted octanol–water partition coefficient (Wildman–Crippen LogP) is 3.89. The Hall–Kier alpha value is -0.120. The van der Waals surface area contributed by atoms with Gasteiger partial charge >= 0.3 is 0 Å². The van der Waals surface area contributed by atoms with Gasteiger partial charge in [-0.2, -0.15) is 0 Å². The summed E-state index contributed by atoms with van der Waals surface area (Å²) < 4.78 is 0. The van der Waals surface area contributed by atoms with Crippen LogP contribution in [0.2, 0.25) is 0 Å². The molecule has 3 N–H and O–H groups in total. The number of unbranched alkanes of at least 4 members (excludes halogenated alkanes) is 4. The zero-order valence-electron chi connectivity index (χ0n) is 14.4. The Balaban J connectivity index is 4.11. The van der Waals surface area contributed by atoms with Crippen LogP contribution < -0.4 is 0 Å². The third-order valence-electron chi connectivity index (χ3n) is 4.33. The molecule has 0 fully saturated rings. The van der Waals surface area contributed by atoms with Crippen molar-refractivity contribution >= 4 is 0 Å². The van der Waals surface area contributed by atoms with Crippen molar-refractivity contribution in [3.05, 3.63) is 0 Å². The van der Waals surface area contributed by atoms with E-state index >= 15 is 0 Å². The van der Waals surface area contributed by atoms with E-state index in [0.717, 1.165) is 51.4 Å². The molecule has 0 heterocycles. The predicted molar refractivity (Wildman–Crippen MR) is 89.3 cm³/mol. The molecule has 0 aliphatic heterocycles. The van der Waals surface area contributed by atoms with E-state index in [-0.39, 0.29) is 18.8 Å². The summed E-state index contributed by atoms with van der Waals surface area (Å²) in [4.78, 5) is 0. The Labute approximate surface area is 131 Å². The quantitative estimate of drug-likeness (QED) is 0.427. The lowest BCUT2D eigenvalue weighted by Gasteiger charge is -2.26. The molecule has 0 aliphatic carbocycles. The Kier molecular flexibility index (Phi) is 13.5. The lowest BCUT2D eigenvalue weighted by atomic mass is 9.83. The SMILES string of the molecule is CCCCC(CC(C)CC(C)O)C(O)CCCCCCO. The zero-order valence-corrected chi connectivity index (χ0v) is 14.4. The summed E-state index contributed by atoms with van der Waals surface area (Å²) in [5, 5.41) is 28.7. The maximum absolute atomic E-state index is 10.5. The van der Waals surface area contributed by atoms with Crippen molar-refractivity contribution in [2.75, 3.05) is 6.61 Å². The second kappa shape index (κ2) is 13.5. The van der Waals surface area contributed by atoms with Gasteiger partial charge in [0.1, 0.15) is 0 Å². The first kappa shape index (κ1) is 20.9. The average Bonchev–Trinajstić information content (AvgIpc) is 2.42. The summed E-state index contributed by atoms with van der Waals surface area (Å²) in [6, 6.07) is 0. The van der Waals surface area contributed by atoms with E-state index in [9.17, 15) is 10.2 Å². The van der Waals surface area contributed by atoms with Gasteiger partial charge in [0, 0.05) is 6.61 Å². The summed E-state index contributed by atoms with van der Waals surface area (Å²) in [5.41, 5.74) is 0. The molecule has 0 bridgehead atoms. The molecule has 0 aliphatic rings. The van der Waals surface area contributed by atoms with Crippen LogP contribution in [0.4, 0.5) is 0 Å². The minimum Gasteiger partial charge on any atom is -0.396 e. The fraction of sp³-hybridized carbons (Fsp3) is 1.00. The van der Waals surface area contributed by atoms with E-state index in [1.165, 1.54) is 12.8 Å². The summed E-state index contributed by atoms with van der Waals surface area (Å²) in [7, 11) is 0. The van der Waals surface area contributed by atoms with Crippen LogP contribution in [-0.2, 0) is 0 Å². The minimum atomic E-state index is -0.248. The van der Waals surface area contributed by atoms with Gasteiger partial charge in [0.2, 0.25) is 0 Å². The van der Waals surface area contributed by atoms with Gasteiger partial charge in [-0.05, 0) is 50.9 Å². The summed E-state index contributed by atoms with van der Waals surface area (Å²) in [6.45, 7) is 6.49. The van der Waals surface area contributed by atoms with E-state index in [0.29, 0.717) is 11.8 Å². The van der Waals surface area contributed by atoms with Crippen molar-refractivity contribution < 1.29 is 15.3 Å². The number of rotatable bonds is 14. The summed E-state index contributed by atoms with van der Waals surface area (Å²) >= 11 is 0. The number of hydrogen-bond acceptors (Lipinski definition) is 3. The van der Waals surface area contributed by atoms with Crippen LogP contribution in [0, 0.1) is 11.8 Å². The van der Waals surface area contributed by atoms with Crippen LogP contribution >= 0.6 is 0 Å². The van der Waals surface area contributed by atoms with Crippen molar-refractivity contribution in [3.63, 3.8) is 0 Å². The molecule has 128 valence electrons. The van der Waals surface area contributed by atoms with Crippen LogP contribution in [0.15, 0.2) is 0 Å². The maximum atomic E-state index is 10.5. The van der Waals surface area contributed by atoms with E-state index in [1.807, 2.05) is 6.92 Å². The Bertz CT molecular complexity index is 219. The van der Waals surface area contributed by atoms with Gasteiger partial charge < -0.3 is 15.3 Å². The van der Waals surface area contributed by atoms with Crippen molar-refractivity contribution in [2.24, 2.45) is 11.8 Å². The third kappa shape index (κ3) is 12.1. The van der Waals surface area contributed by atoms with Crippen molar-refractivity contribution in [1.29, 1.82) is 0 Å². The second-order valence-corrected chi connectivity index (χ2v) is 6.82. The Morgan fingerprint density at radius 1 is 0.810 bits per heavy atom. The molecular weight excluding hydrogens is 264 g/mol. The molecule has 0 rings (SSSR count). The Morgan fingerprint density at radius 2 is 1.48 bits per heavy atom. The maximum Gasteiger partial charge on any atom is 0.0568 e. The Morgan fingerprint density at radius 3 is 2.05 bits per heavy atom. The van der Waals surface area contributed by atoms with E-state index in [1.54, 1.807) is 0 Å². The van der Waals surface area contributed by atoms with E-state index < -0.39 is 0 Å². The smallest absolute Gasteiger partial charge is 0.0568 e. The largest absolute Gasteiger partial charge is 0.396 e. The highest BCUT2D eigenvalue weighted by atomic mass is 16.3. The molecule has 21 heavy (non-hydrogen) atoms. The van der Waals surface area contributed by atoms with Gasteiger partial charge in [0.05, 0.1) is 12.2 Å². The number of hydrogen-bond donors (Lipinski definition) is 3. The first-order valence-electron chi connectivity index (χ1n) is 8.98. The lowest BCUT2D eigenvalue weighted by molar-refractivity contribution is 0.0688. The van der Waals surface area contributed by atoms with Gasteiger partial charge in [-0.15, -0.1) is 0 Å². The highest BCUT2D eigenvalue weighted by Gasteiger charge is 2.21. The van der Waals surface area contributed by atoms with Gasteiger partial charge in [-0.25, -0.2) is 0 Å². The van der Waals surface area contributed by atoms with E-state index in [2.05, 4.69) is 13.8 Å². The van der Waals surface area contributed by atoms with Crippen LogP contribution in [0.1, 0.15) is 85.0 Å². The van der Waals surface area contributed by atoms with Crippen LogP contribution in [0.5, 0.6) is 0 Å². The van der Waals surface area contributed by atoms with Crippen LogP contribution in [-0.4, -0.2) is 34.1 Å². The first-order valence-corrected chi connectivity index (χ1v) is 8.98. The van der Waals surface area contributed by atoms with Crippen molar-refractivity contribution in [2.45, 2.75) is 97.2 Å². The molecule has 0 amide bonds. The lowest BCUT2D eigenvalue weighted by Crippen LogP contribution is -2.24. The molecule has 4 atom stereocenters. The molecule has 0 aromatic carbocycles. The molecular formula is C18H38O3. The van der Waals surface area contributed by atoms with Gasteiger partial charge in [-0.1, -0.05) is 46.0 Å². The fourth-order valence-corrected chi connectivity index (χ4v) is 3.18. The highest BCUT2D eigenvalue weighted by molar-refractivity contribution is 4.73. The topological polar surface area (TPSA) is 60.7 Å². The molecule has 3 nitrogen and oxygen atoms in total. The van der Waals surface area contributed by atoms with Crippen molar-refractivity contribution in [1.82, 2.24) is 0 Å². The molecule has 0 aromatic rings. The molecule has 0 saturated heterocycles. The summed E-state index contributed by atoms with van der Waals surface area (Å²) in [5.74, 6) is 0.840. The van der Waals surface area contributed by atoms with Gasteiger partial charge in [0.15, 0.2) is 0 Å². The second-order valence-electron chi connectivity index (χ2n) is 6.82. The summed E-state index contributed by atoms with van der Waals surface area (Å²) in [6.07, 6.45) is 9.79. The molecule has 0 radical (unpaired) electrons. The first-order chi connectivity index (χ1) is 10.0. The number of aliphatic hydroxyl groups is 3. The molecule has 3 heteroatoms. The van der Waals surface area contributed by atoms with E-state index in [4.69, 9.17) is 5.11 Å². The molecule has 0 aromatic heterocycles. The van der Waals surface area contributed by atoms with Crippen molar-refractivity contribution in [3.8, 4) is 0 Å². The molecule has 4 unspecified atom stereocenters. The normalized spacial score (nSPS) is 17.4. The molecule has 0 spiro atoms. The van der Waals surface area contributed by atoms with Crippen LogP contribution in [0.25, 0.3) is 0 Å². The minimum absolute atomic E-state index is 0.206.